The van der Waals surface area contributed by atoms with Crippen LogP contribution in [0.25, 0.3) is 0 Å². The van der Waals surface area contributed by atoms with Crippen molar-refractivity contribution in [1.82, 2.24) is 9.80 Å². The number of nitrogens with zero attached hydrogens (tertiary/aromatic N) is 2. The highest BCUT2D eigenvalue weighted by atomic mass is 19.4. The molecule has 1 aromatic carbocycles. The number of halogens is 3. The molecule has 0 spiro atoms. The van der Waals surface area contributed by atoms with Gasteiger partial charge in [0.15, 0.2) is 17.9 Å². The van der Waals surface area contributed by atoms with E-state index in [0.717, 1.165) is 5.56 Å². The molecule has 4 saturated heterocycles. The maximum absolute atomic E-state index is 14.4. The zero-order valence-electron chi connectivity index (χ0n) is 21.1. The van der Waals surface area contributed by atoms with Crippen molar-refractivity contribution in [3.8, 4) is 0 Å². The van der Waals surface area contributed by atoms with Gasteiger partial charge >= 0.3 is 6.18 Å². The van der Waals surface area contributed by atoms with Crippen LogP contribution < -0.4 is 0 Å². The van der Waals surface area contributed by atoms with Crippen molar-refractivity contribution in [3.05, 3.63) is 35.9 Å². The summed E-state index contributed by atoms with van der Waals surface area (Å²) in [7, 11) is 0. The minimum atomic E-state index is -4.61. The normalized spacial score (nSPS) is 35.7. The first-order chi connectivity index (χ1) is 16.9. The minimum absolute atomic E-state index is 0.176. The van der Waals surface area contributed by atoms with E-state index in [1.807, 2.05) is 30.3 Å². The molecule has 11 heteroatoms. The van der Waals surface area contributed by atoms with Gasteiger partial charge < -0.3 is 28.4 Å². The second kappa shape index (κ2) is 9.77. The van der Waals surface area contributed by atoms with E-state index in [4.69, 9.17) is 28.4 Å². The molecule has 1 aromatic rings. The maximum Gasteiger partial charge on any atom is 0.428 e. The molecule has 0 N–H and O–H groups in total. The SMILES string of the molecule is CC1(C)OCC([C@H]2O[C@@H]3OC(C)(C)O[C@@H]3[C@H]2OC(N2CCN(Cc3ccccc3)CC2)C(F)(F)F)O1. The van der Waals surface area contributed by atoms with Gasteiger partial charge in [0.2, 0.25) is 6.23 Å². The molecule has 5 rings (SSSR count). The molecule has 0 radical (unpaired) electrons. The first-order valence-electron chi connectivity index (χ1n) is 12.5. The summed E-state index contributed by atoms with van der Waals surface area (Å²) in [6.45, 7) is 9.23. The zero-order chi connectivity index (χ0) is 25.7. The van der Waals surface area contributed by atoms with E-state index >= 15 is 0 Å². The molecule has 4 aliphatic heterocycles. The molecule has 8 nitrogen and oxygen atoms in total. The van der Waals surface area contributed by atoms with Gasteiger partial charge in [-0.25, -0.2) is 0 Å². The Morgan fingerprint density at radius 1 is 0.944 bits per heavy atom. The van der Waals surface area contributed by atoms with Crippen LogP contribution >= 0.6 is 0 Å². The average molecular weight is 517 g/mol. The highest BCUT2D eigenvalue weighted by molar-refractivity contribution is 5.14. The first-order valence-corrected chi connectivity index (χ1v) is 12.5. The summed E-state index contributed by atoms with van der Waals surface area (Å²) in [5.74, 6) is -1.86. The van der Waals surface area contributed by atoms with E-state index in [2.05, 4.69) is 4.90 Å². The number of rotatable bonds is 6. The van der Waals surface area contributed by atoms with Crippen LogP contribution in [0.3, 0.4) is 0 Å². The number of fused-ring (bicyclic) bond motifs is 1. The number of alkyl halides is 3. The Bertz CT molecular complexity index is 894. The molecular formula is C25H35F3N2O6. The van der Waals surface area contributed by atoms with Crippen molar-refractivity contribution in [2.75, 3.05) is 32.8 Å². The molecule has 0 amide bonds. The Morgan fingerprint density at radius 2 is 1.64 bits per heavy atom. The van der Waals surface area contributed by atoms with Gasteiger partial charge in [-0.1, -0.05) is 30.3 Å². The summed E-state index contributed by atoms with van der Waals surface area (Å²) in [6, 6.07) is 9.91. The second-order valence-corrected chi connectivity index (χ2v) is 10.7. The standard InChI is InChI=1S/C25H35F3N2O6/c1-23(2)31-15-17(34-23)18-19(20-21(32-18)36-24(3,4)35-20)33-22(25(26,27)28)30-12-10-29(11-13-30)14-16-8-6-5-7-9-16/h5-9,17-22H,10-15H2,1-4H3/t17?,18-,19+,20-,21-,22?/m1/s1. The van der Waals surface area contributed by atoms with Crippen LogP contribution in [-0.4, -0.2) is 97.3 Å². The van der Waals surface area contributed by atoms with E-state index in [9.17, 15) is 13.2 Å². The summed E-state index contributed by atoms with van der Waals surface area (Å²) in [6.07, 6.45) is -10.9. The molecule has 202 valence electrons. The number of hydrogen-bond donors (Lipinski definition) is 0. The molecule has 4 fully saturated rings. The monoisotopic (exact) mass is 516 g/mol. The summed E-state index contributed by atoms with van der Waals surface area (Å²) < 4.78 is 78.4. The van der Waals surface area contributed by atoms with Crippen LogP contribution in [-0.2, 0) is 35.0 Å². The minimum Gasteiger partial charge on any atom is -0.348 e. The lowest BCUT2D eigenvalue weighted by atomic mass is 10.1. The Balaban J connectivity index is 1.30. The predicted octanol–water partition coefficient (Wildman–Crippen LogP) is 3.11. The Hall–Kier alpha value is -1.31. The van der Waals surface area contributed by atoms with Crippen LogP contribution in [0.2, 0.25) is 0 Å². The van der Waals surface area contributed by atoms with Gasteiger partial charge in [0.05, 0.1) is 6.61 Å². The van der Waals surface area contributed by atoms with Gasteiger partial charge in [-0.2, -0.15) is 13.2 Å². The molecule has 6 atom stereocenters. The topological polar surface area (TPSA) is 61.9 Å². The van der Waals surface area contributed by atoms with Gasteiger partial charge in [0.1, 0.15) is 24.4 Å². The highest BCUT2D eigenvalue weighted by Gasteiger charge is 2.61. The van der Waals surface area contributed by atoms with E-state index < -0.39 is 54.7 Å². The van der Waals surface area contributed by atoms with Crippen molar-refractivity contribution in [2.45, 2.75) is 88.9 Å². The lowest BCUT2D eigenvalue weighted by molar-refractivity contribution is -0.302. The fraction of sp³-hybridized carbons (Fsp3) is 0.760. The number of ether oxygens (including phenoxy) is 6. The predicted molar refractivity (Wildman–Crippen MR) is 122 cm³/mol. The third-order valence-corrected chi connectivity index (χ3v) is 6.98. The smallest absolute Gasteiger partial charge is 0.348 e. The number of benzene rings is 1. The highest BCUT2D eigenvalue weighted by Crippen LogP contribution is 2.43. The molecule has 4 aliphatic rings. The van der Waals surface area contributed by atoms with E-state index in [1.165, 1.54) is 4.90 Å². The van der Waals surface area contributed by atoms with Crippen LogP contribution in [0.15, 0.2) is 30.3 Å². The molecule has 0 aliphatic carbocycles. The van der Waals surface area contributed by atoms with Gasteiger partial charge in [-0.15, -0.1) is 0 Å². The summed E-state index contributed by atoms with van der Waals surface area (Å²) >= 11 is 0. The lowest BCUT2D eigenvalue weighted by Crippen LogP contribution is -2.58. The van der Waals surface area contributed by atoms with E-state index in [1.54, 1.807) is 27.7 Å². The summed E-state index contributed by atoms with van der Waals surface area (Å²) in [4.78, 5) is 3.50. The molecule has 0 aromatic heterocycles. The fourth-order valence-corrected chi connectivity index (χ4v) is 5.35. The van der Waals surface area contributed by atoms with Crippen LogP contribution in [0, 0.1) is 0 Å². The van der Waals surface area contributed by atoms with Crippen molar-refractivity contribution < 1.29 is 41.6 Å². The van der Waals surface area contributed by atoms with Crippen LogP contribution in [0.5, 0.6) is 0 Å². The number of hydrogen-bond acceptors (Lipinski definition) is 8. The van der Waals surface area contributed by atoms with Crippen molar-refractivity contribution in [2.24, 2.45) is 0 Å². The van der Waals surface area contributed by atoms with Crippen molar-refractivity contribution in [3.63, 3.8) is 0 Å². The fourth-order valence-electron chi connectivity index (χ4n) is 5.35. The van der Waals surface area contributed by atoms with Gasteiger partial charge in [-0.3, -0.25) is 9.80 Å². The average Bonchev–Trinajstić information content (AvgIpc) is 3.41. The van der Waals surface area contributed by atoms with E-state index in [0.29, 0.717) is 19.6 Å². The van der Waals surface area contributed by atoms with E-state index in [-0.39, 0.29) is 19.7 Å². The molecule has 4 heterocycles. The maximum atomic E-state index is 14.4. The Labute approximate surface area is 209 Å². The summed E-state index contributed by atoms with van der Waals surface area (Å²) in [5.41, 5.74) is 1.13. The third-order valence-electron chi connectivity index (χ3n) is 6.98. The van der Waals surface area contributed by atoms with Gasteiger partial charge in [0.25, 0.3) is 0 Å². The Morgan fingerprint density at radius 3 is 2.25 bits per heavy atom. The molecule has 2 unspecified atom stereocenters. The quantitative estimate of drug-likeness (QED) is 0.572. The summed E-state index contributed by atoms with van der Waals surface area (Å²) in [5, 5.41) is 0. The molecule has 0 bridgehead atoms. The molecule has 36 heavy (non-hydrogen) atoms. The van der Waals surface area contributed by atoms with Crippen LogP contribution in [0.4, 0.5) is 13.2 Å². The van der Waals surface area contributed by atoms with Crippen molar-refractivity contribution >= 4 is 0 Å². The molecular weight excluding hydrogens is 481 g/mol. The second-order valence-electron chi connectivity index (χ2n) is 10.7. The van der Waals surface area contributed by atoms with Gasteiger partial charge in [-0.05, 0) is 33.3 Å². The Kier molecular flexibility index (Phi) is 7.14. The van der Waals surface area contributed by atoms with Crippen molar-refractivity contribution in [1.29, 1.82) is 0 Å². The lowest BCUT2D eigenvalue weighted by Gasteiger charge is -2.41. The largest absolute Gasteiger partial charge is 0.428 e. The zero-order valence-corrected chi connectivity index (χ0v) is 21.1. The number of piperazine rings is 1. The molecule has 0 saturated carbocycles. The van der Waals surface area contributed by atoms with Crippen LogP contribution in [0.1, 0.15) is 33.3 Å². The third kappa shape index (κ3) is 5.73. The first kappa shape index (κ1) is 26.3. The van der Waals surface area contributed by atoms with Gasteiger partial charge in [0, 0.05) is 32.7 Å².